The average Bonchev–Trinajstić information content (AvgIpc) is 2.39. The van der Waals surface area contributed by atoms with Gasteiger partial charge in [-0.2, -0.15) is 13.2 Å². The molecule has 2 N–H and O–H groups in total. The van der Waals surface area contributed by atoms with Crippen LogP contribution in [0, 0.1) is 0 Å². The van der Waals surface area contributed by atoms with Gasteiger partial charge in [0.05, 0.1) is 5.56 Å². The molecule has 1 fully saturated rings. The van der Waals surface area contributed by atoms with Crippen LogP contribution in [0.3, 0.4) is 0 Å². The number of hydrogen-bond acceptors (Lipinski definition) is 3. The fourth-order valence-corrected chi connectivity index (χ4v) is 2.16. The van der Waals surface area contributed by atoms with Crippen LogP contribution in [-0.2, 0) is 0 Å². The third-order valence-electron chi connectivity index (χ3n) is 3.28. The molecule has 1 atom stereocenters. The number of nitrogens with one attached hydrogen (secondary N) is 1. The molecule has 20 heavy (non-hydrogen) atoms. The molecule has 4 nitrogen and oxygen atoms in total. The second-order valence-electron chi connectivity index (χ2n) is 4.70. The molecular weight excluding hydrogens is 275 g/mol. The zero-order valence-corrected chi connectivity index (χ0v) is 10.5. The second kappa shape index (κ2) is 5.32. The smallest absolute Gasteiger partial charge is 0.429 e. The highest BCUT2D eigenvalue weighted by Crippen LogP contribution is 2.39. The Labute approximate surface area is 113 Å². The van der Waals surface area contributed by atoms with Gasteiger partial charge in [-0.15, -0.1) is 0 Å². The van der Waals surface area contributed by atoms with Crippen LogP contribution in [0.15, 0.2) is 24.3 Å². The summed E-state index contributed by atoms with van der Waals surface area (Å²) in [5, 5.41) is 11.4. The number of alkyl halides is 3. The summed E-state index contributed by atoms with van der Waals surface area (Å²) in [6.07, 6.45) is -4.25. The molecule has 0 amide bonds. The van der Waals surface area contributed by atoms with Gasteiger partial charge >= 0.3 is 12.1 Å². The Morgan fingerprint density at radius 2 is 1.95 bits per heavy atom. The van der Waals surface area contributed by atoms with Gasteiger partial charge in [-0.1, -0.05) is 0 Å². The summed E-state index contributed by atoms with van der Waals surface area (Å²) in [5.41, 5.74) is -2.25. The summed E-state index contributed by atoms with van der Waals surface area (Å²) in [6, 6.07) is 4.92. The Morgan fingerprint density at radius 1 is 1.30 bits per heavy atom. The van der Waals surface area contributed by atoms with Crippen LogP contribution in [-0.4, -0.2) is 35.9 Å². The molecule has 1 aliphatic rings. The number of hydrogen-bond donors (Lipinski definition) is 2. The van der Waals surface area contributed by atoms with Crippen LogP contribution in [0.2, 0.25) is 0 Å². The predicted molar refractivity (Wildman–Crippen MR) is 64.9 cm³/mol. The third kappa shape index (κ3) is 2.87. The van der Waals surface area contributed by atoms with Gasteiger partial charge < -0.3 is 15.2 Å². The number of rotatable bonds is 3. The predicted octanol–water partition coefficient (Wildman–Crippen LogP) is 2.45. The largest absolute Gasteiger partial charge is 0.478 e. The van der Waals surface area contributed by atoms with E-state index in [9.17, 15) is 18.0 Å². The number of benzene rings is 1. The van der Waals surface area contributed by atoms with Crippen LogP contribution in [0.5, 0.6) is 5.75 Å². The molecule has 1 unspecified atom stereocenters. The van der Waals surface area contributed by atoms with Crippen molar-refractivity contribution in [3.05, 3.63) is 29.8 Å². The molecule has 7 heteroatoms. The molecule has 0 saturated carbocycles. The Hall–Kier alpha value is -1.76. The highest BCUT2D eigenvalue weighted by atomic mass is 19.4. The first-order valence-electron chi connectivity index (χ1n) is 6.14. The van der Waals surface area contributed by atoms with E-state index in [0.29, 0.717) is 13.0 Å². The molecule has 110 valence electrons. The van der Waals surface area contributed by atoms with Crippen molar-refractivity contribution in [2.45, 2.75) is 24.6 Å². The lowest BCUT2D eigenvalue weighted by Gasteiger charge is -2.39. The number of aromatic carboxylic acids is 1. The monoisotopic (exact) mass is 289 g/mol. The van der Waals surface area contributed by atoms with Gasteiger partial charge in [0.15, 0.2) is 0 Å². The molecule has 1 aromatic carbocycles. The molecule has 1 aliphatic heterocycles. The minimum atomic E-state index is -4.49. The maximum absolute atomic E-state index is 13.2. The Bertz CT molecular complexity index is 479. The van der Waals surface area contributed by atoms with E-state index in [0.717, 1.165) is 0 Å². The fraction of sp³-hybridized carbons (Fsp3) is 0.462. The van der Waals surface area contributed by atoms with E-state index in [-0.39, 0.29) is 24.3 Å². The van der Waals surface area contributed by atoms with Crippen LogP contribution < -0.4 is 10.1 Å². The molecular formula is C13H14F3NO3. The van der Waals surface area contributed by atoms with Gasteiger partial charge in [-0.3, -0.25) is 0 Å². The van der Waals surface area contributed by atoms with E-state index in [1.165, 1.54) is 24.3 Å². The van der Waals surface area contributed by atoms with Crippen molar-refractivity contribution in [1.29, 1.82) is 0 Å². The first-order valence-corrected chi connectivity index (χ1v) is 6.14. The number of carboxylic acids is 1. The maximum Gasteiger partial charge on any atom is 0.429 e. The van der Waals surface area contributed by atoms with Crippen LogP contribution in [0.1, 0.15) is 23.2 Å². The van der Waals surface area contributed by atoms with Gasteiger partial charge in [-0.25, -0.2) is 4.79 Å². The second-order valence-corrected chi connectivity index (χ2v) is 4.70. The van der Waals surface area contributed by atoms with E-state index < -0.39 is 17.7 Å². The maximum atomic E-state index is 13.2. The topological polar surface area (TPSA) is 58.6 Å². The molecule has 0 bridgehead atoms. The molecule has 1 aromatic rings. The zero-order chi connectivity index (χ0) is 14.8. The lowest BCUT2D eigenvalue weighted by molar-refractivity contribution is -0.252. The Morgan fingerprint density at radius 3 is 2.40 bits per heavy atom. The van der Waals surface area contributed by atoms with Crippen molar-refractivity contribution >= 4 is 5.97 Å². The van der Waals surface area contributed by atoms with Crippen molar-refractivity contribution < 1.29 is 27.8 Å². The minimum Gasteiger partial charge on any atom is -0.478 e. The van der Waals surface area contributed by atoms with Gasteiger partial charge in [0.25, 0.3) is 0 Å². The average molecular weight is 289 g/mol. The lowest BCUT2D eigenvalue weighted by atomic mass is 9.93. The summed E-state index contributed by atoms with van der Waals surface area (Å²) < 4.78 is 44.9. The van der Waals surface area contributed by atoms with Gasteiger partial charge in [0.2, 0.25) is 5.60 Å². The quantitative estimate of drug-likeness (QED) is 0.897. The normalized spacial score (nSPS) is 23.4. The molecule has 0 spiro atoms. The van der Waals surface area contributed by atoms with Crippen molar-refractivity contribution in [1.82, 2.24) is 5.32 Å². The van der Waals surface area contributed by atoms with Crippen LogP contribution >= 0.6 is 0 Å². The number of piperidine rings is 1. The van der Waals surface area contributed by atoms with E-state index in [4.69, 9.17) is 9.84 Å². The third-order valence-corrected chi connectivity index (χ3v) is 3.28. The van der Waals surface area contributed by atoms with Crippen molar-refractivity contribution in [2.24, 2.45) is 0 Å². The van der Waals surface area contributed by atoms with Crippen molar-refractivity contribution in [2.75, 3.05) is 13.1 Å². The highest BCUT2D eigenvalue weighted by molar-refractivity contribution is 5.87. The minimum absolute atomic E-state index is 0.000165. The van der Waals surface area contributed by atoms with E-state index in [2.05, 4.69) is 5.32 Å². The SMILES string of the molecule is O=C(O)c1ccc(OC2(C(F)(F)F)CCCNC2)cc1. The fourth-order valence-electron chi connectivity index (χ4n) is 2.16. The summed E-state index contributed by atoms with van der Waals surface area (Å²) in [7, 11) is 0. The Balaban J connectivity index is 2.22. The summed E-state index contributed by atoms with van der Waals surface area (Å²) >= 11 is 0. The van der Waals surface area contributed by atoms with E-state index in [1.54, 1.807) is 0 Å². The van der Waals surface area contributed by atoms with E-state index in [1.807, 2.05) is 0 Å². The van der Waals surface area contributed by atoms with Crippen molar-refractivity contribution in [3.63, 3.8) is 0 Å². The number of ether oxygens (including phenoxy) is 1. The molecule has 0 radical (unpaired) electrons. The molecule has 1 saturated heterocycles. The van der Waals surface area contributed by atoms with Crippen LogP contribution in [0.25, 0.3) is 0 Å². The molecule has 1 heterocycles. The number of carbonyl (C=O) groups is 1. The van der Waals surface area contributed by atoms with Crippen LogP contribution in [0.4, 0.5) is 13.2 Å². The summed E-state index contributed by atoms with van der Waals surface area (Å²) in [6.45, 7) is 0.219. The Kier molecular flexibility index (Phi) is 3.89. The standard InChI is InChI=1S/C13H14F3NO3/c14-13(15,16)12(6-1-7-17-8-12)20-10-4-2-9(3-5-10)11(18)19/h2-5,17H,1,6-8H2,(H,18,19). The molecule has 0 aromatic heterocycles. The first-order chi connectivity index (χ1) is 9.34. The van der Waals surface area contributed by atoms with Gasteiger partial charge in [-0.05, 0) is 43.7 Å². The number of halogens is 3. The zero-order valence-electron chi connectivity index (χ0n) is 10.5. The molecule has 0 aliphatic carbocycles. The lowest BCUT2D eigenvalue weighted by Crippen LogP contribution is -2.59. The highest BCUT2D eigenvalue weighted by Gasteiger charge is 2.57. The van der Waals surface area contributed by atoms with Gasteiger partial charge in [0.1, 0.15) is 5.75 Å². The number of carboxylic acid groups (broad SMARTS) is 1. The first kappa shape index (κ1) is 14.6. The molecule has 2 rings (SSSR count). The summed E-state index contributed by atoms with van der Waals surface area (Å²) in [5.74, 6) is -1.13. The van der Waals surface area contributed by atoms with Crippen molar-refractivity contribution in [3.8, 4) is 5.75 Å². The van der Waals surface area contributed by atoms with Gasteiger partial charge in [0, 0.05) is 6.54 Å². The summed E-state index contributed by atoms with van der Waals surface area (Å²) in [4.78, 5) is 10.7. The van der Waals surface area contributed by atoms with E-state index >= 15 is 0 Å².